The first kappa shape index (κ1) is 14.3. The number of halogens is 4. The van der Waals surface area contributed by atoms with Crippen LogP contribution in [0.3, 0.4) is 0 Å². The Balaban J connectivity index is 3.27. The van der Waals surface area contributed by atoms with Crippen LogP contribution in [0.4, 0.5) is 13.2 Å². The number of rotatable bonds is 3. The predicted molar refractivity (Wildman–Crippen MR) is 60.9 cm³/mol. The van der Waals surface area contributed by atoms with E-state index in [2.05, 4.69) is 15.9 Å². The lowest BCUT2D eigenvalue weighted by molar-refractivity contribution is -0.267. The Morgan fingerprint density at radius 1 is 1.35 bits per heavy atom. The number of aliphatic hydroxyl groups is 1. The first-order valence-corrected chi connectivity index (χ1v) is 5.68. The molecule has 1 N–H and O–H groups in total. The summed E-state index contributed by atoms with van der Waals surface area (Å²) < 4.78 is 43.7. The van der Waals surface area contributed by atoms with Gasteiger partial charge in [-0.3, -0.25) is 0 Å². The van der Waals surface area contributed by atoms with E-state index in [-0.39, 0.29) is 5.56 Å². The van der Waals surface area contributed by atoms with Crippen LogP contribution in [-0.4, -0.2) is 18.4 Å². The highest BCUT2D eigenvalue weighted by Crippen LogP contribution is 2.43. The summed E-state index contributed by atoms with van der Waals surface area (Å²) in [4.78, 5) is 0. The monoisotopic (exact) mass is 312 g/mol. The van der Waals surface area contributed by atoms with E-state index in [1.54, 1.807) is 0 Å². The summed E-state index contributed by atoms with van der Waals surface area (Å²) >= 11 is 3.09. The molecule has 6 heteroatoms. The summed E-state index contributed by atoms with van der Waals surface area (Å²) in [6, 6.07) is 3.81. The van der Waals surface area contributed by atoms with Crippen LogP contribution in [0.5, 0.6) is 5.75 Å². The Hall–Kier alpha value is -0.750. The molecule has 1 unspecified atom stereocenters. The third kappa shape index (κ3) is 2.57. The molecule has 0 aromatic heterocycles. The first-order chi connectivity index (χ1) is 7.76. The average Bonchev–Trinajstić information content (AvgIpc) is 2.26. The van der Waals surface area contributed by atoms with Gasteiger partial charge in [0.05, 0.1) is 11.6 Å². The Labute approximate surface area is 106 Å². The third-order valence-corrected chi connectivity index (χ3v) is 3.23. The summed E-state index contributed by atoms with van der Waals surface area (Å²) in [5.74, 6) is 0.411. The molecule has 0 aliphatic heterocycles. The van der Waals surface area contributed by atoms with Crippen LogP contribution in [0.1, 0.15) is 18.9 Å². The van der Waals surface area contributed by atoms with Crippen molar-refractivity contribution in [3.63, 3.8) is 0 Å². The lowest BCUT2D eigenvalue weighted by Crippen LogP contribution is -2.41. The molecule has 0 amide bonds. The average molecular weight is 313 g/mol. The molecule has 0 spiro atoms. The fourth-order valence-corrected chi connectivity index (χ4v) is 2.03. The summed E-state index contributed by atoms with van der Waals surface area (Å²) in [5, 5.41) is 9.73. The van der Waals surface area contributed by atoms with Crippen LogP contribution in [0.25, 0.3) is 0 Å². The molecule has 1 rings (SSSR count). The van der Waals surface area contributed by atoms with Crippen molar-refractivity contribution in [3.05, 3.63) is 28.2 Å². The van der Waals surface area contributed by atoms with Crippen molar-refractivity contribution < 1.29 is 23.0 Å². The van der Waals surface area contributed by atoms with Crippen molar-refractivity contribution in [2.45, 2.75) is 25.1 Å². The molecule has 1 atom stereocenters. The van der Waals surface area contributed by atoms with Crippen LogP contribution in [0, 0.1) is 0 Å². The largest absolute Gasteiger partial charge is 0.496 e. The third-order valence-electron chi connectivity index (χ3n) is 2.61. The van der Waals surface area contributed by atoms with Crippen molar-refractivity contribution >= 4 is 15.9 Å². The predicted octanol–water partition coefficient (Wildman–Crippen LogP) is 3.62. The molecule has 0 aliphatic carbocycles. The SMILES string of the molecule is CCC(O)(c1ccc(OC)c(Br)c1)C(F)(F)F. The second-order valence-corrected chi connectivity index (χ2v) is 4.42. The molecule has 0 aliphatic rings. The van der Waals surface area contributed by atoms with Gasteiger partial charge in [-0.05, 0) is 40.0 Å². The minimum Gasteiger partial charge on any atom is -0.496 e. The zero-order chi connectivity index (χ0) is 13.3. The van der Waals surface area contributed by atoms with Crippen LogP contribution >= 0.6 is 15.9 Å². The van der Waals surface area contributed by atoms with Crippen molar-refractivity contribution in [2.75, 3.05) is 7.11 Å². The van der Waals surface area contributed by atoms with Gasteiger partial charge >= 0.3 is 6.18 Å². The number of hydrogen-bond acceptors (Lipinski definition) is 2. The normalized spacial score (nSPS) is 15.5. The van der Waals surface area contributed by atoms with E-state index < -0.39 is 18.2 Å². The van der Waals surface area contributed by atoms with Crippen LogP contribution in [0.15, 0.2) is 22.7 Å². The first-order valence-electron chi connectivity index (χ1n) is 4.89. The molecular weight excluding hydrogens is 301 g/mol. The quantitative estimate of drug-likeness (QED) is 0.923. The molecule has 0 bridgehead atoms. The maximum atomic E-state index is 12.8. The highest BCUT2D eigenvalue weighted by atomic mass is 79.9. The van der Waals surface area contributed by atoms with Crippen molar-refractivity contribution in [2.24, 2.45) is 0 Å². The zero-order valence-corrected chi connectivity index (χ0v) is 10.9. The fraction of sp³-hybridized carbons (Fsp3) is 0.455. The second kappa shape index (κ2) is 4.86. The fourth-order valence-electron chi connectivity index (χ4n) is 1.49. The van der Waals surface area contributed by atoms with Crippen molar-refractivity contribution in [1.29, 1.82) is 0 Å². The molecule has 0 heterocycles. The van der Waals surface area contributed by atoms with E-state index in [1.165, 1.54) is 32.2 Å². The van der Waals surface area contributed by atoms with Gasteiger partial charge in [0.1, 0.15) is 5.75 Å². The number of hydrogen-bond donors (Lipinski definition) is 1. The number of methoxy groups -OCH3 is 1. The number of alkyl halides is 3. The molecule has 2 nitrogen and oxygen atoms in total. The standard InChI is InChI=1S/C11H12BrF3O2/c1-3-10(16,11(13,14)15)7-4-5-9(17-2)8(12)6-7/h4-6,16H,3H2,1-2H3. The molecule has 0 saturated heterocycles. The van der Waals surface area contributed by atoms with E-state index in [9.17, 15) is 18.3 Å². The summed E-state index contributed by atoms with van der Waals surface area (Å²) in [5.41, 5.74) is -3.04. The molecular formula is C11H12BrF3O2. The van der Waals surface area contributed by atoms with Crippen molar-refractivity contribution in [3.8, 4) is 5.75 Å². The highest BCUT2D eigenvalue weighted by molar-refractivity contribution is 9.10. The molecule has 17 heavy (non-hydrogen) atoms. The van der Waals surface area contributed by atoms with E-state index in [0.29, 0.717) is 10.2 Å². The minimum atomic E-state index is -4.71. The van der Waals surface area contributed by atoms with Gasteiger partial charge in [-0.15, -0.1) is 0 Å². The molecule has 0 fully saturated rings. The maximum absolute atomic E-state index is 12.8. The Morgan fingerprint density at radius 2 is 1.94 bits per heavy atom. The topological polar surface area (TPSA) is 29.5 Å². The van der Waals surface area contributed by atoms with Crippen LogP contribution in [-0.2, 0) is 5.60 Å². The molecule has 0 saturated carbocycles. The van der Waals surface area contributed by atoms with Gasteiger partial charge < -0.3 is 9.84 Å². The minimum absolute atomic E-state index is 0.208. The Kier molecular flexibility index (Phi) is 4.09. The number of benzene rings is 1. The molecule has 0 radical (unpaired) electrons. The van der Waals surface area contributed by atoms with Crippen LogP contribution < -0.4 is 4.74 Å². The van der Waals surface area contributed by atoms with Gasteiger partial charge in [-0.25, -0.2) is 0 Å². The smallest absolute Gasteiger partial charge is 0.421 e. The summed E-state index contributed by atoms with van der Waals surface area (Å²) in [6.45, 7) is 1.28. The van der Waals surface area contributed by atoms with Gasteiger partial charge in [-0.2, -0.15) is 13.2 Å². The van der Waals surface area contributed by atoms with E-state index >= 15 is 0 Å². The molecule has 1 aromatic carbocycles. The van der Waals surface area contributed by atoms with Gasteiger partial charge in [0.25, 0.3) is 0 Å². The van der Waals surface area contributed by atoms with Crippen molar-refractivity contribution in [1.82, 2.24) is 0 Å². The molecule has 96 valence electrons. The van der Waals surface area contributed by atoms with Gasteiger partial charge in [-0.1, -0.05) is 13.0 Å². The van der Waals surface area contributed by atoms with Crippen LogP contribution in [0.2, 0.25) is 0 Å². The summed E-state index contributed by atoms with van der Waals surface area (Å²) in [7, 11) is 1.41. The van der Waals surface area contributed by atoms with E-state index in [1.807, 2.05) is 0 Å². The lowest BCUT2D eigenvalue weighted by atomic mass is 9.90. The lowest BCUT2D eigenvalue weighted by Gasteiger charge is -2.30. The maximum Gasteiger partial charge on any atom is 0.421 e. The Morgan fingerprint density at radius 3 is 2.29 bits per heavy atom. The zero-order valence-electron chi connectivity index (χ0n) is 9.31. The van der Waals surface area contributed by atoms with Gasteiger partial charge in [0.15, 0.2) is 5.60 Å². The molecule has 1 aromatic rings. The van der Waals surface area contributed by atoms with Gasteiger partial charge in [0, 0.05) is 0 Å². The van der Waals surface area contributed by atoms with E-state index in [4.69, 9.17) is 4.74 Å². The highest BCUT2D eigenvalue weighted by Gasteiger charge is 2.53. The van der Waals surface area contributed by atoms with Gasteiger partial charge in [0.2, 0.25) is 0 Å². The summed E-state index contributed by atoms with van der Waals surface area (Å²) in [6.07, 6.45) is -5.16. The number of ether oxygens (including phenoxy) is 1. The second-order valence-electron chi connectivity index (χ2n) is 3.56. The van der Waals surface area contributed by atoms with E-state index in [0.717, 1.165) is 0 Å². The Bertz CT molecular complexity index is 406.